The van der Waals surface area contributed by atoms with Gasteiger partial charge in [0.05, 0.1) is 0 Å². The summed E-state index contributed by atoms with van der Waals surface area (Å²) in [6.45, 7) is -0.0613. The van der Waals surface area contributed by atoms with Gasteiger partial charge < -0.3 is 9.64 Å². The van der Waals surface area contributed by atoms with Crippen molar-refractivity contribution >= 4 is 17.8 Å². The number of ether oxygens (including phenoxy) is 1. The first-order valence-corrected chi connectivity index (χ1v) is 9.34. The molecule has 0 aromatic heterocycles. The van der Waals surface area contributed by atoms with Gasteiger partial charge in [-0.15, -0.1) is 0 Å². The molecule has 4 nitrogen and oxygen atoms in total. The summed E-state index contributed by atoms with van der Waals surface area (Å²) >= 11 is 0. The van der Waals surface area contributed by atoms with E-state index in [2.05, 4.69) is 12.1 Å². The van der Waals surface area contributed by atoms with Crippen LogP contribution in [0.4, 0.5) is 0 Å². The zero-order valence-corrected chi connectivity index (χ0v) is 16.5. The van der Waals surface area contributed by atoms with Gasteiger partial charge in [0.2, 0.25) is 0 Å². The summed E-state index contributed by atoms with van der Waals surface area (Å²) in [5.74, 6) is 0.230. The van der Waals surface area contributed by atoms with Gasteiger partial charge >= 0.3 is 0 Å². The first kappa shape index (κ1) is 20.1. The lowest BCUT2D eigenvalue weighted by atomic mass is 10.0. The molecule has 0 unspecified atom stereocenters. The van der Waals surface area contributed by atoms with Crippen molar-refractivity contribution in [2.45, 2.75) is 0 Å². The van der Waals surface area contributed by atoms with Gasteiger partial charge in [0.25, 0.3) is 5.91 Å². The number of hydrogen-bond donors (Lipinski definition) is 0. The fourth-order valence-corrected chi connectivity index (χ4v) is 2.70. The minimum atomic E-state index is -0.138. The number of benzene rings is 3. The van der Waals surface area contributed by atoms with Crippen molar-refractivity contribution in [3.05, 3.63) is 96.1 Å². The summed E-state index contributed by atoms with van der Waals surface area (Å²) in [4.78, 5) is 25.6. The van der Waals surface area contributed by atoms with Gasteiger partial charge in [0.1, 0.15) is 5.75 Å². The topological polar surface area (TPSA) is 46.6 Å². The summed E-state index contributed by atoms with van der Waals surface area (Å²) < 4.78 is 5.47. The largest absolute Gasteiger partial charge is 0.484 e. The Morgan fingerprint density at radius 2 is 1.55 bits per heavy atom. The van der Waals surface area contributed by atoms with Crippen LogP contribution in [-0.4, -0.2) is 37.3 Å². The summed E-state index contributed by atoms with van der Waals surface area (Å²) in [7, 11) is 3.34. The molecule has 0 radical (unpaired) electrons. The maximum absolute atomic E-state index is 12.5. The third kappa shape index (κ3) is 5.66. The SMILES string of the molecule is CN(C)C(=O)COc1cccc(C(=O)C=Cc2ccc(-c3ccccc3)cc2)c1. The van der Waals surface area contributed by atoms with Gasteiger partial charge in [-0.1, -0.05) is 72.8 Å². The Bertz CT molecular complexity index is 1010. The molecule has 0 heterocycles. The average Bonchev–Trinajstić information content (AvgIpc) is 2.77. The van der Waals surface area contributed by atoms with Crippen LogP contribution < -0.4 is 4.74 Å². The van der Waals surface area contributed by atoms with Crippen molar-refractivity contribution < 1.29 is 14.3 Å². The Morgan fingerprint density at radius 3 is 2.24 bits per heavy atom. The number of rotatable bonds is 7. The van der Waals surface area contributed by atoms with Crippen molar-refractivity contribution in [1.29, 1.82) is 0 Å². The Hall–Kier alpha value is -3.66. The smallest absolute Gasteiger partial charge is 0.259 e. The number of ketones is 1. The van der Waals surface area contributed by atoms with E-state index in [0.29, 0.717) is 11.3 Å². The standard InChI is InChI=1S/C25H23NO3/c1-26(2)25(28)18-29-23-10-6-9-22(17-23)24(27)16-13-19-11-14-21(15-12-19)20-7-4-3-5-8-20/h3-17H,18H2,1-2H3. The first-order valence-electron chi connectivity index (χ1n) is 9.34. The van der Waals surface area contributed by atoms with Crippen molar-refractivity contribution in [2.75, 3.05) is 20.7 Å². The van der Waals surface area contributed by atoms with E-state index in [1.165, 1.54) is 4.90 Å². The molecule has 0 aliphatic rings. The number of amides is 1. The van der Waals surface area contributed by atoms with Crippen molar-refractivity contribution in [3.63, 3.8) is 0 Å². The highest BCUT2D eigenvalue weighted by molar-refractivity contribution is 6.07. The lowest BCUT2D eigenvalue weighted by Crippen LogP contribution is -2.27. The second-order valence-electron chi connectivity index (χ2n) is 6.79. The molecule has 0 saturated carbocycles. The fraction of sp³-hybridized carbons (Fsp3) is 0.120. The summed E-state index contributed by atoms with van der Waals surface area (Å²) in [5.41, 5.74) is 3.74. The van der Waals surface area contributed by atoms with Gasteiger partial charge in [0, 0.05) is 19.7 Å². The second-order valence-corrected chi connectivity index (χ2v) is 6.79. The lowest BCUT2D eigenvalue weighted by molar-refractivity contribution is -0.130. The van der Waals surface area contributed by atoms with Gasteiger partial charge in [0.15, 0.2) is 12.4 Å². The monoisotopic (exact) mass is 385 g/mol. The molecule has 1 amide bonds. The molecule has 146 valence electrons. The summed E-state index contributed by atoms with van der Waals surface area (Å²) in [5, 5.41) is 0. The molecule has 0 bridgehead atoms. The molecule has 3 rings (SSSR count). The number of allylic oxidation sites excluding steroid dienone is 1. The molecule has 0 spiro atoms. The van der Waals surface area contributed by atoms with Crippen molar-refractivity contribution in [3.8, 4) is 16.9 Å². The lowest BCUT2D eigenvalue weighted by Gasteiger charge is -2.11. The molecule has 29 heavy (non-hydrogen) atoms. The van der Waals surface area contributed by atoms with Crippen LogP contribution in [0.2, 0.25) is 0 Å². The van der Waals surface area contributed by atoms with E-state index in [-0.39, 0.29) is 18.3 Å². The summed E-state index contributed by atoms with van der Waals surface area (Å²) in [6, 6.07) is 25.0. The Labute approximate surface area is 171 Å². The molecule has 3 aromatic rings. The van der Waals surface area contributed by atoms with E-state index in [4.69, 9.17) is 4.74 Å². The summed E-state index contributed by atoms with van der Waals surface area (Å²) in [6.07, 6.45) is 3.34. The molecule has 4 heteroatoms. The van der Waals surface area contributed by atoms with Crippen LogP contribution in [0.1, 0.15) is 15.9 Å². The molecule has 3 aromatic carbocycles. The van der Waals surface area contributed by atoms with Crippen LogP contribution in [-0.2, 0) is 4.79 Å². The van der Waals surface area contributed by atoms with Crippen LogP contribution in [0.3, 0.4) is 0 Å². The minimum Gasteiger partial charge on any atom is -0.484 e. The first-order chi connectivity index (χ1) is 14.0. The highest BCUT2D eigenvalue weighted by atomic mass is 16.5. The molecular weight excluding hydrogens is 362 g/mol. The van der Waals surface area contributed by atoms with E-state index in [0.717, 1.165) is 16.7 Å². The quantitative estimate of drug-likeness (QED) is 0.437. The van der Waals surface area contributed by atoms with Gasteiger partial charge in [-0.3, -0.25) is 9.59 Å². The fourth-order valence-electron chi connectivity index (χ4n) is 2.70. The van der Waals surface area contributed by atoms with E-state index in [1.54, 1.807) is 50.5 Å². The van der Waals surface area contributed by atoms with Crippen LogP contribution in [0, 0.1) is 0 Å². The number of nitrogens with zero attached hydrogens (tertiary/aromatic N) is 1. The predicted molar refractivity (Wildman–Crippen MR) is 116 cm³/mol. The van der Waals surface area contributed by atoms with Gasteiger partial charge in [-0.05, 0) is 34.9 Å². The normalized spacial score (nSPS) is 10.7. The number of likely N-dealkylation sites (N-methyl/N-ethyl adjacent to an activating group) is 1. The number of carbonyl (C=O) groups excluding carboxylic acids is 2. The van der Waals surface area contributed by atoms with Crippen LogP contribution in [0.25, 0.3) is 17.2 Å². The zero-order chi connectivity index (χ0) is 20.6. The molecule has 0 fully saturated rings. The van der Waals surface area contributed by atoms with Crippen LogP contribution >= 0.6 is 0 Å². The van der Waals surface area contributed by atoms with Crippen molar-refractivity contribution in [2.24, 2.45) is 0 Å². The zero-order valence-electron chi connectivity index (χ0n) is 16.5. The molecular formula is C25H23NO3. The van der Waals surface area contributed by atoms with Crippen LogP contribution in [0.5, 0.6) is 5.75 Å². The van der Waals surface area contributed by atoms with Crippen molar-refractivity contribution in [1.82, 2.24) is 4.90 Å². The molecule has 0 aliphatic heterocycles. The Morgan fingerprint density at radius 1 is 0.862 bits per heavy atom. The second kappa shape index (κ2) is 9.51. The predicted octanol–water partition coefficient (Wildman–Crippen LogP) is 4.72. The van der Waals surface area contributed by atoms with E-state index >= 15 is 0 Å². The van der Waals surface area contributed by atoms with E-state index in [9.17, 15) is 9.59 Å². The number of carbonyl (C=O) groups is 2. The Balaban J connectivity index is 1.64. The molecule has 0 saturated heterocycles. The maximum atomic E-state index is 12.5. The minimum absolute atomic E-state index is 0.0613. The molecule has 0 N–H and O–H groups in total. The Kier molecular flexibility index (Phi) is 6.59. The highest BCUT2D eigenvalue weighted by Crippen LogP contribution is 2.20. The van der Waals surface area contributed by atoms with Gasteiger partial charge in [-0.25, -0.2) is 0 Å². The van der Waals surface area contributed by atoms with E-state index in [1.807, 2.05) is 42.5 Å². The van der Waals surface area contributed by atoms with Crippen LogP contribution in [0.15, 0.2) is 84.9 Å². The van der Waals surface area contributed by atoms with E-state index < -0.39 is 0 Å². The third-order valence-electron chi connectivity index (χ3n) is 4.42. The maximum Gasteiger partial charge on any atom is 0.259 e. The average molecular weight is 385 g/mol. The highest BCUT2D eigenvalue weighted by Gasteiger charge is 2.07. The molecule has 0 atom stereocenters. The van der Waals surface area contributed by atoms with Gasteiger partial charge in [-0.2, -0.15) is 0 Å². The third-order valence-corrected chi connectivity index (χ3v) is 4.42. The molecule has 0 aliphatic carbocycles. The number of hydrogen-bond acceptors (Lipinski definition) is 3.